The van der Waals surface area contributed by atoms with E-state index in [0.717, 1.165) is 6.42 Å². The molecule has 0 bridgehead atoms. The summed E-state index contributed by atoms with van der Waals surface area (Å²) in [6, 6.07) is 0.298. The zero-order valence-corrected chi connectivity index (χ0v) is 13.2. The summed E-state index contributed by atoms with van der Waals surface area (Å²) < 4.78 is 0. The average Bonchev–Trinajstić information content (AvgIpc) is 2.21. The Bertz CT molecular complexity index is 286. The molecular formula is C15H30N2O2. The number of carbonyl (C=O) groups is 2. The van der Waals surface area contributed by atoms with Gasteiger partial charge in [0.25, 0.3) is 0 Å². The summed E-state index contributed by atoms with van der Waals surface area (Å²) in [5, 5.41) is 5.80. The first-order valence-electron chi connectivity index (χ1n) is 7.32. The van der Waals surface area contributed by atoms with Crippen LogP contribution in [-0.2, 0) is 9.59 Å². The Labute approximate surface area is 117 Å². The lowest BCUT2D eigenvalue weighted by Gasteiger charge is -2.20. The van der Waals surface area contributed by atoms with Gasteiger partial charge in [-0.25, -0.2) is 0 Å². The fourth-order valence-electron chi connectivity index (χ4n) is 2.03. The zero-order valence-electron chi connectivity index (χ0n) is 13.2. The Balaban J connectivity index is 4.35. The normalized spacial score (nSPS) is 12.9. The highest BCUT2D eigenvalue weighted by atomic mass is 16.2. The fourth-order valence-corrected chi connectivity index (χ4v) is 2.03. The van der Waals surface area contributed by atoms with Gasteiger partial charge in [-0.15, -0.1) is 0 Å². The molecule has 0 heterocycles. The van der Waals surface area contributed by atoms with E-state index in [1.807, 2.05) is 27.7 Å². The predicted molar refractivity (Wildman–Crippen MR) is 78.7 cm³/mol. The lowest BCUT2D eigenvalue weighted by molar-refractivity contribution is -0.127. The molecule has 0 aliphatic heterocycles. The van der Waals surface area contributed by atoms with Gasteiger partial charge < -0.3 is 10.6 Å². The van der Waals surface area contributed by atoms with E-state index >= 15 is 0 Å². The molecule has 2 N–H and O–H groups in total. The Morgan fingerprint density at radius 3 is 1.84 bits per heavy atom. The average molecular weight is 270 g/mol. The van der Waals surface area contributed by atoms with E-state index in [4.69, 9.17) is 0 Å². The maximum Gasteiger partial charge on any atom is 0.223 e. The van der Waals surface area contributed by atoms with Crippen LogP contribution in [0.1, 0.15) is 60.8 Å². The molecule has 0 aliphatic rings. The minimum Gasteiger partial charge on any atom is -0.354 e. The van der Waals surface area contributed by atoms with Crippen LogP contribution in [0.4, 0.5) is 0 Å². The Kier molecular flexibility index (Phi) is 8.44. The number of carbonyl (C=O) groups excluding carboxylic acids is 2. The van der Waals surface area contributed by atoms with E-state index in [0.29, 0.717) is 18.8 Å². The molecule has 0 radical (unpaired) electrons. The zero-order chi connectivity index (χ0) is 15.0. The third-order valence-electron chi connectivity index (χ3n) is 2.73. The van der Waals surface area contributed by atoms with Gasteiger partial charge in [0.2, 0.25) is 11.8 Å². The van der Waals surface area contributed by atoms with Crippen LogP contribution in [0.15, 0.2) is 0 Å². The summed E-state index contributed by atoms with van der Waals surface area (Å²) in [7, 11) is 0. The highest BCUT2D eigenvalue weighted by Crippen LogP contribution is 2.18. The van der Waals surface area contributed by atoms with E-state index in [9.17, 15) is 9.59 Å². The minimum absolute atomic E-state index is 0.0288. The van der Waals surface area contributed by atoms with Crippen molar-refractivity contribution in [3.63, 3.8) is 0 Å². The summed E-state index contributed by atoms with van der Waals surface area (Å²) in [6.45, 7) is 12.0. The summed E-state index contributed by atoms with van der Waals surface area (Å²) in [6.07, 6.45) is 1.86. The molecule has 0 aliphatic carbocycles. The van der Waals surface area contributed by atoms with Crippen LogP contribution in [0.2, 0.25) is 0 Å². The third-order valence-corrected chi connectivity index (χ3v) is 2.73. The molecule has 0 aromatic heterocycles. The van der Waals surface area contributed by atoms with Crippen molar-refractivity contribution in [2.24, 2.45) is 11.8 Å². The van der Waals surface area contributed by atoms with Gasteiger partial charge >= 0.3 is 0 Å². The first-order valence-corrected chi connectivity index (χ1v) is 7.32. The SMILES string of the molecule is CC(C)CC(CCC(=O)NC(C)C)C(=O)NC(C)C. The smallest absolute Gasteiger partial charge is 0.223 e. The first kappa shape index (κ1) is 17.9. The molecule has 1 atom stereocenters. The Morgan fingerprint density at radius 1 is 0.895 bits per heavy atom. The van der Waals surface area contributed by atoms with Crippen molar-refractivity contribution in [3.05, 3.63) is 0 Å². The van der Waals surface area contributed by atoms with Crippen LogP contribution in [0.5, 0.6) is 0 Å². The van der Waals surface area contributed by atoms with Crippen molar-refractivity contribution in [1.29, 1.82) is 0 Å². The van der Waals surface area contributed by atoms with Crippen molar-refractivity contribution in [2.75, 3.05) is 0 Å². The van der Waals surface area contributed by atoms with E-state index in [-0.39, 0.29) is 29.8 Å². The molecule has 19 heavy (non-hydrogen) atoms. The molecule has 2 amide bonds. The highest BCUT2D eigenvalue weighted by molar-refractivity contribution is 5.80. The highest BCUT2D eigenvalue weighted by Gasteiger charge is 2.21. The van der Waals surface area contributed by atoms with E-state index in [2.05, 4.69) is 24.5 Å². The fraction of sp³-hybridized carbons (Fsp3) is 0.867. The van der Waals surface area contributed by atoms with E-state index in [1.165, 1.54) is 0 Å². The van der Waals surface area contributed by atoms with Gasteiger partial charge in [-0.3, -0.25) is 9.59 Å². The molecule has 0 saturated carbocycles. The summed E-state index contributed by atoms with van der Waals surface area (Å²) in [4.78, 5) is 23.7. The van der Waals surface area contributed by atoms with Crippen molar-refractivity contribution in [3.8, 4) is 0 Å². The van der Waals surface area contributed by atoms with Crippen molar-refractivity contribution in [2.45, 2.75) is 72.9 Å². The summed E-state index contributed by atoms with van der Waals surface area (Å²) in [5.74, 6) is 0.485. The Morgan fingerprint density at radius 2 is 1.42 bits per heavy atom. The molecule has 1 unspecified atom stereocenters. The van der Waals surface area contributed by atoms with Crippen LogP contribution in [-0.4, -0.2) is 23.9 Å². The van der Waals surface area contributed by atoms with Gasteiger partial charge in [-0.1, -0.05) is 13.8 Å². The number of rotatable bonds is 8. The molecular weight excluding hydrogens is 240 g/mol. The molecule has 0 aromatic carbocycles. The second-order valence-corrected chi connectivity index (χ2v) is 6.25. The maximum absolute atomic E-state index is 12.1. The van der Waals surface area contributed by atoms with Crippen LogP contribution >= 0.6 is 0 Å². The van der Waals surface area contributed by atoms with Gasteiger partial charge in [0.15, 0.2) is 0 Å². The summed E-state index contributed by atoms with van der Waals surface area (Å²) in [5.41, 5.74) is 0. The molecule has 0 rings (SSSR count). The van der Waals surface area contributed by atoms with E-state index < -0.39 is 0 Å². The molecule has 4 nitrogen and oxygen atoms in total. The van der Waals surface area contributed by atoms with Crippen molar-refractivity contribution in [1.82, 2.24) is 10.6 Å². The first-order chi connectivity index (χ1) is 8.72. The predicted octanol–water partition coefficient (Wildman–Crippen LogP) is 2.48. The Hall–Kier alpha value is -1.06. The molecule has 0 aromatic rings. The van der Waals surface area contributed by atoms with Gasteiger partial charge in [0, 0.05) is 24.4 Å². The molecule has 0 saturated heterocycles. The molecule has 0 fully saturated rings. The quantitative estimate of drug-likeness (QED) is 0.712. The minimum atomic E-state index is -0.0692. The van der Waals surface area contributed by atoms with Crippen molar-refractivity contribution < 1.29 is 9.59 Å². The molecule has 4 heteroatoms. The number of hydrogen-bond acceptors (Lipinski definition) is 2. The van der Waals surface area contributed by atoms with Gasteiger partial charge in [0.1, 0.15) is 0 Å². The second-order valence-electron chi connectivity index (χ2n) is 6.25. The van der Waals surface area contributed by atoms with Gasteiger partial charge in [0.05, 0.1) is 0 Å². The number of amides is 2. The van der Waals surface area contributed by atoms with Crippen LogP contribution in [0.25, 0.3) is 0 Å². The van der Waals surface area contributed by atoms with Crippen molar-refractivity contribution >= 4 is 11.8 Å². The summed E-state index contributed by atoms with van der Waals surface area (Å²) >= 11 is 0. The largest absolute Gasteiger partial charge is 0.354 e. The molecule has 112 valence electrons. The van der Waals surface area contributed by atoms with Crippen LogP contribution in [0, 0.1) is 11.8 Å². The van der Waals surface area contributed by atoms with E-state index in [1.54, 1.807) is 0 Å². The topological polar surface area (TPSA) is 58.2 Å². The second kappa shape index (κ2) is 8.94. The van der Waals surface area contributed by atoms with Gasteiger partial charge in [-0.2, -0.15) is 0 Å². The van der Waals surface area contributed by atoms with Crippen LogP contribution in [0.3, 0.4) is 0 Å². The maximum atomic E-state index is 12.1. The lowest BCUT2D eigenvalue weighted by Crippen LogP contribution is -2.37. The molecule has 0 spiro atoms. The number of hydrogen-bond donors (Lipinski definition) is 2. The number of nitrogens with one attached hydrogen (secondary N) is 2. The monoisotopic (exact) mass is 270 g/mol. The lowest BCUT2D eigenvalue weighted by atomic mass is 9.91. The van der Waals surface area contributed by atoms with Gasteiger partial charge in [-0.05, 0) is 46.5 Å². The third kappa shape index (κ3) is 9.51. The standard InChI is InChI=1S/C15H30N2O2/c1-10(2)9-13(15(19)17-12(5)6)7-8-14(18)16-11(3)4/h10-13H,7-9H2,1-6H3,(H,16,18)(H,17,19). The van der Waals surface area contributed by atoms with Crippen LogP contribution < -0.4 is 10.6 Å².